The predicted octanol–water partition coefficient (Wildman–Crippen LogP) is 3.64. The van der Waals surface area contributed by atoms with E-state index in [-0.39, 0.29) is 19.1 Å². The highest BCUT2D eigenvalue weighted by Crippen LogP contribution is 2.23. The van der Waals surface area contributed by atoms with Gasteiger partial charge in [0.05, 0.1) is 22.3 Å². The largest absolute Gasteiger partial charge is 0.483 e. The van der Waals surface area contributed by atoms with Gasteiger partial charge in [0.2, 0.25) is 0 Å². The average Bonchev–Trinajstić information content (AvgIpc) is 2.55. The van der Waals surface area contributed by atoms with Gasteiger partial charge < -0.3 is 14.8 Å². The van der Waals surface area contributed by atoms with E-state index < -0.39 is 5.97 Å². The van der Waals surface area contributed by atoms with Crippen LogP contribution in [-0.2, 0) is 9.53 Å². The molecule has 0 heterocycles. The molecule has 0 aliphatic carbocycles. The molecular formula is C17H16BrNO4. The summed E-state index contributed by atoms with van der Waals surface area (Å²) in [5.74, 6) is -0.269. The zero-order valence-corrected chi connectivity index (χ0v) is 14.1. The van der Waals surface area contributed by atoms with Gasteiger partial charge in [-0.2, -0.15) is 0 Å². The van der Waals surface area contributed by atoms with Crippen LogP contribution in [0.1, 0.15) is 17.3 Å². The minimum absolute atomic E-state index is 0.167. The van der Waals surface area contributed by atoms with Crippen molar-refractivity contribution in [2.75, 3.05) is 18.5 Å². The Morgan fingerprint density at radius 1 is 1.09 bits per heavy atom. The molecule has 0 radical (unpaired) electrons. The van der Waals surface area contributed by atoms with Crippen LogP contribution in [0.4, 0.5) is 5.69 Å². The molecule has 0 spiro atoms. The number of esters is 1. The lowest BCUT2D eigenvalue weighted by atomic mass is 10.2. The first-order chi connectivity index (χ1) is 11.1. The highest BCUT2D eigenvalue weighted by molar-refractivity contribution is 9.10. The van der Waals surface area contributed by atoms with E-state index in [1.165, 1.54) is 0 Å². The van der Waals surface area contributed by atoms with Gasteiger partial charge in [0, 0.05) is 0 Å². The lowest BCUT2D eigenvalue weighted by Crippen LogP contribution is -2.22. The zero-order valence-electron chi connectivity index (χ0n) is 12.5. The Kier molecular flexibility index (Phi) is 6.17. The van der Waals surface area contributed by atoms with Crippen molar-refractivity contribution in [3.8, 4) is 5.75 Å². The van der Waals surface area contributed by atoms with E-state index in [9.17, 15) is 9.59 Å². The third-order valence-electron chi connectivity index (χ3n) is 2.89. The van der Waals surface area contributed by atoms with Crippen LogP contribution >= 0.6 is 15.9 Å². The molecule has 0 saturated heterocycles. The van der Waals surface area contributed by atoms with Crippen LogP contribution in [0.5, 0.6) is 5.75 Å². The number of hydrogen-bond donors (Lipinski definition) is 1. The van der Waals surface area contributed by atoms with E-state index in [2.05, 4.69) is 21.2 Å². The number of carbonyl (C=O) groups is 2. The highest BCUT2D eigenvalue weighted by atomic mass is 79.9. The fraction of sp³-hybridized carbons (Fsp3) is 0.176. The number of anilines is 1. The molecular weight excluding hydrogens is 362 g/mol. The number of rotatable bonds is 6. The molecule has 0 aliphatic rings. The Bertz CT molecular complexity index is 702. The van der Waals surface area contributed by atoms with Gasteiger partial charge in [-0.05, 0) is 47.1 Å². The van der Waals surface area contributed by atoms with Crippen molar-refractivity contribution < 1.29 is 19.1 Å². The molecule has 23 heavy (non-hydrogen) atoms. The summed E-state index contributed by atoms with van der Waals surface area (Å²) in [7, 11) is 0. The fourth-order valence-electron chi connectivity index (χ4n) is 1.87. The number of amides is 1. The van der Waals surface area contributed by atoms with Gasteiger partial charge in [0.25, 0.3) is 5.91 Å². The minimum atomic E-state index is -0.477. The number of hydrogen-bond acceptors (Lipinski definition) is 4. The van der Waals surface area contributed by atoms with Crippen molar-refractivity contribution in [3.63, 3.8) is 0 Å². The summed E-state index contributed by atoms with van der Waals surface area (Å²) in [5.41, 5.74) is 0.704. The maximum absolute atomic E-state index is 12.0. The maximum Gasteiger partial charge on any atom is 0.340 e. The molecule has 0 aromatic heterocycles. The van der Waals surface area contributed by atoms with Crippen molar-refractivity contribution >= 4 is 33.5 Å². The molecule has 0 aliphatic heterocycles. The third-order valence-corrected chi connectivity index (χ3v) is 3.55. The second kappa shape index (κ2) is 8.33. The van der Waals surface area contributed by atoms with Crippen LogP contribution in [0.25, 0.3) is 0 Å². The summed E-state index contributed by atoms with van der Waals surface area (Å²) < 4.78 is 11.2. The first-order valence-corrected chi connectivity index (χ1v) is 7.84. The number of halogens is 1. The van der Waals surface area contributed by atoms with Crippen LogP contribution < -0.4 is 10.1 Å². The highest BCUT2D eigenvalue weighted by Gasteiger charge is 2.14. The number of benzene rings is 2. The van der Waals surface area contributed by atoms with Gasteiger partial charge >= 0.3 is 5.97 Å². The molecule has 2 aromatic rings. The summed E-state index contributed by atoms with van der Waals surface area (Å²) in [6, 6.07) is 13.9. The van der Waals surface area contributed by atoms with E-state index in [0.717, 1.165) is 4.47 Å². The van der Waals surface area contributed by atoms with Crippen molar-refractivity contribution in [1.29, 1.82) is 0 Å². The van der Waals surface area contributed by atoms with Crippen LogP contribution in [-0.4, -0.2) is 25.1 Å². The topological polar surface area (TPSA) is 64.6 Å². The molecule has 2 rings (SSSR count). The molecule has 0 atom stereocenters. The number of carbonyl (C=O) groups excluding carboxylic acids is 2. The molecule has 120 valence electrons. The maximum atomic E-state index is 12.0. The van der Waals surface area contributed by atoms with Crippen LogP contribution in [0.2, 0.25) is 0 Å². The van der Waals surface area contributed by atoms with E-state index in [4.69, 9.17) is 9.47 Å². The quantitative estimate of drug-likeness (QED) is 0.780. The molecule has 1 amide bonds. The van der Waals surface area contributed by atoms with Crippen LogP contribution in [0.15, 0.2) is 53.0 Å². The fourth-order valence-corrected chi connectivity index (χ4v) is 2.27. The van der Waals surface area contributed by atoms with Crippen molar-refractivity contribution in [1.82, 2.24) is 0 Å². The number of ether oxygens (including phenoxy) is 2. The standard InChI is InChI=1S/C17H16BrNO4/c1-2-22-17(21)12-7-3-5-9-14(12)19-16(20)11-23-15-10-6-4-8-13(15)18/h3-10H,2,11H2,1H3,(H,19,20). The second-order valence-electron chi connectivity index (χ2n) is 4.53. The van der Waals surface area contributed by atoms with Gasteiger partial charge in [-0.15, -0.1) is 0 Å². The average molecular weight is 378 g/mol. The zero-order chi connectivity index (χ0) is 16.7. The van der Waals surface area contributed by atoms with Gasteiger partial charge in [0.1, 0.15) is 5.75 Å². The molecule has 1 N–H and O–H groups in total. The molecule has 5 nitrogen and oxygen atoms in total. The van der Waals surface area contributed by atoms with Gasteiger partial charge in [-0.1, -0.05) is 24.3 Å². The predicted molar refractivity (Wildman–Crippen MR) is 90.7 cm³/mol. The number of para-hydroxylation sites is 2. The summed E-state index contributed by atoms with van der Waals surface area (Å²) in [6.07, 6.45) is 0. The third kappa shape index (κ3) is 4.82. The Balaban J connectivity index is 2.01. The van der Waals surface area contributed by atoms with Crippen molar-refractivity contribution in [2.45, 2.75) is 6.92 Å². The Morgan fingerprint density at radius 3 is 2.52 bits per heavy atom. The molecule has 2 aromatic carbocycles. The van der Waals surface area contributed by atoms with Gasteiger partial charge in [-0.25, -0.2) is 4.79 Å². The monoisotopic (exact) mass is 377 g/mol. The summed E-state index contributed by atoms with van der Waals surface area (Å²) in [5, 5.41) is 2.66. The summed E-state index contributed by atoms with van der Waals surface area (Å²) >= 11 is 3.34. The Morgan fingerprint density at radius 2 is 1.78 bits per heavy atom. The molecule has 0 bridgehead atoms. The minimum Gasteiger partial charge on any atom is -0.483 e. The molecule has 6 heteroatoms. The van der Waals surface area contributed by atoms with Gasteiger partial charge in [0.15, 0.2) is 6.61 Å². The Hall–Kier alpha value is -2.34. The number of nitrogens with one attached hydrogen (secondary N) is 1. The van der Waals surface area contributed by atoms with E-state index in [0.29, 0.717) is 17.0 Å². The smallest absolute Gasteiger partial charge is 0.340 e. The molecule has 0 unspecified atom stereocenters. The van der Waals surface area contributed by atoms with Crippen molar-refractivity contribution in [3.05, 3.63) is 58.6 Å². The van der Waals surface area contributed by atoms with E-state index in [1.54, 1.807) is 37.3 Å². The lowest BCUT2D eigenvalue weighted by molar-refractivity contribution is -0.118. The Labute approximate surface area is 142 Å². The molecule has 0 saturated carbocycles. The van der Waals surface area contributed by atoms with E-state index in [1.807, 2.05) is 18.2 Å². The van der Waals surface area contributed by atoms with Gasteiger partial charge in [-0.3, -0.25) is 4.79 Å². The van der Waals surface area contributed by atoms with Crippen LogP contribution in [0.3, 0.4) is 0 Å². The summed E-state index contributed by atoms with van der Waals surface area (Å²) in [6.45, 7) is 1.83. The summed E-state index contributed by atoms with van der Waals surface area (Å²) in [4.78, 5) is 23.9. The molecule has 0 fully saturated rings. The second-order valence-corrected chi connectivity index (χ2v) is 5.39. The SMILES string of the molecule is CCOC(=O)c1ccccc1NC(=O)COc1ccccc1Br. The van der Waals surface area contributed by atoms with Crippen molar-refractivity contribution in [2.24, 2.45) is 0 Å². The first-order valence-electron chi connectivity index (χ1n) is 7.05. The van der Waals surface area contributed by atoms with Crippen LogP contribution in [0, 0.1) is 0 Å². The van der Waals surface area contributed by atoms with E-state index >= 15 is 0 Å². The normalized spacial score (nSPS) is 10.0. The lowest BCUT2D eigenvalue weighted by Gasteiger charge is -2.11. The first kappa shape index (κ1) is 17.0.